The Morgan fingerprint density at radius 3 is 2.48 bits per heavy atom. The molecule has 0 bridgehead atoms. The van der Waals surface area contributed by atoms with Crippen molar-refractivity contribution in [2.75, 3.05) is 18.9 Å². The molecule has 25 heavy (non-hydrogen) atoms. The fourth-order valence-electron chi connectivity index (χ4n) is 2.43. The fraction of sp³-hybridized carbons (Fsp3) is 0.118. The number of pyridine rings is 1. The predicted octanol–water partition coefficient (Wildman–Crippen LogP) is 3.71. The Labute approximate surface area is 150 Å². The lowest BCUT2D eigenvalue weighted by molar-refractivity contribution is 0.392. The summed E-state index contributed by atoms with van der Waals surface area (Å²) in [6.45, 7) is 0. The van der Waals surface area contributed by atoms with E-state index in [-0.39, 0.29) is 21.4 Å². The van der Waals surface area contributed by atoms with Crippen molar-refractivity contribution in [3.05, 3.63) is 53.7 Å². The van der Waals surface area contributed by atoms with Crippen molar-refractivity contribution in [3.8, 4) is 11.5 Å². The monoisotopic (exact) mass is 378 g/mol. The number of para-hydroxylation sites is 1. The maximum Gasteiger partial charge on any atom is 0.265 e. The van der Waals surface area contributed by atoms with Crippen LogP contribution in [0.15, 0.2) is 53.6 Å². The van der Waals surface area contributed by atoms with Gasteiger partial charge in [0.1, 0.15) is 16.4 Å². The SMILES string of the molecule is COc1cc(S(=O)(=O)Nc2cccc3cccnc23)c(OC)cc1Cl. The molecule has 2 aromatic carbocycles. The van der Waals surface area contributed by atoms with Gasteiger partial charge in [-0.2, -0.15) is 0 Å². The van der Waals surface area contributed by atoms with Crippen LogP contribution in [0.2, 0.25) is 5.02 Å². The number of nitrogens with one attached hydrogen (secondary N) is 1. The van der Waals surface area contributed by atoms with Crippen LogP contribution in [0.4, 0.5) is 5.69 Å². The molecule has 0 spiro atoms. The molecular formula is C17H15ClN2O4S. The van der Waals surface area contributed by atoms with Gasteiger partial charge in [-0.3, -0.25) is 9.71 Å². The number of nitrogens with zero attached hydrogens (tertiary/aromatic N) is 1. The van der Waals surface area contributed by atoms with Gasteiger partial charge >= 0.3 is 0 Å². The topological polar surface area (TPSA) is 77.5 Å². The summed E-state index contributed by atoms with van der Waals surface area (Å²) in [6, 6.07) is 11.6. The van der Waals surface area contributed by atoms with E-state index in [2.05, 4.69) is 9.71 Å². The second-order valence-electron chi connectivity index (χ2n) is 5.12. The number of aromatic nitrogens is 1. The number of sulfonamides is 1. The molecule has 0 fully saturated rings. The van der Waals surface area contributed by atoms with Gasteiger partial charge in [-0.25, -0.2) is 8.42 Å². The molecule has 0 saturated heterocycles. The van der Waals surface area contributed by atoms with Gasteiger partial charge in [-0.05, 0) is 12.1 Å². The van der Waals surface area contributed by atoms with Crippen molar-refractivity contribution in [2.24, 2.45) is 0 Å². The van der Waals surface area contributed by atoms with Gasteiger partial charge in [-0.1, -0.05) is 29.8 Å². The minimum Gasteiger partial charge on any atom is -0.495 e. The maximum absolute atomic E-state index is 12.9. The van der Waals surface area contributed by atoms with Gasteiger partial charge in [0.25, 0.3) is 10.0 Å². The smallest absolute Gasteiger partial charge is 0.265 e. The van der Waals surface area contributed by atoms with Crippen molar-refractivity contribution < 1.29 is 17.9 Å². The number of hydrogen-bond donors (Lipinski definition) is 1. The summed E-state index contributed by atoms with van der Waals surface area (Å²) in [7, 11) is -1.17. The van der Waals surface area contributed by atoms with E-state index in [1.165, 1.54) is 26.4 Å². The minimum absolute atomic E-state index is 0.0795. The second kappa shape index (κ2) is 6.78. The largest absolute Gasteiger partial charge is 0.495 e. The van der Waals surface area contributed by atoms with Crippen molar-refractivity contribution in [1.29, 1.82) is 0 Å². The van der Waals surface area contributed by atoms with Crippen LogP contribution in [0.3, 0.4) is 0 Å². The van der Waals surface area contributed by atoms with E-state index in [4.69, 9.17) is 21.1 Å². The van der Waals surface area contributed by atoms with E-state index in [1.807, 2.05) is 12.1 Å². The molecule has 0 atom stereocenters. The number of fused-ring (bicyclic) bond motifs is 1. The van der Waals surface area contributed by atoms with Gasteiger partial charge in [0.05, 0.1) is 30.4 Å². The predicted molar refractivity (Wildman–Crippen MR) is 97.1 cm³/mol. The average Bonchev–Trinajstić information content (AvgIpc) is 2.61. The number of halogens is 1. The van der Waals surface area contributed by atoms with Gasteiger partial charge in [0.15, 0.2) is 0 Å². The second-order valence-corrected chi connectivity index (χ2v) is 7.18. The maximum atomic E-state index is 12.9. The van der Waals surface area contributed by atoms with Crippen molar-refractivity contribution in [1.82, 2.24) is 4.98 Å². The van der Waals surface area contributed by atoms with Crippen molar-refractivity contribution in [3.63, 3.8) is 0 Å². The molecular weight excluding hydrogens is 364 g/mol. The average molecular weight is 379 g/mol. The molecule has 0 aliphatic heterocycles. The van der Waals surface area contributed by atoms with E-state index in [0.29, 0.717) is 11.2 Å². The Kier molecular flexibility index (Phi) is 4.69. The Balaban J connectivity index is 2.11. The van der Waals surface area contributed by atoms with Crippen LogP contribution in [-0.4, -0.2) is 27.6 Å². The summed E-state index contributed by atoms with van der Waals surface area (Å²) in [5, 5.41) is 1.08. The summed E-state index contributed by atoms with van der Waals surface area (Å²) in [4.78, 5) is 4.17. The van der Waals surface area contributed by atoms with Crippen LogP contribution in [-0.2, 0) is 10.0 Å². The Morgan fingerprint density at radius 2 is 1.76 bits per heavy atom. The lowest BCUT2D eigenvalue weighted by atomic mass is 10.2. The molecule has 1 heterocycles. The Morgan fingerprint density at radius 1 is 1.04 bits per heavy atom. The number of methoxy groups -OCH3 is 2. The van der Waals surface area contributed by atoms with E-state index in [1.54, 1.807) is 24.4 Å². The van der Waals surface area contributed by atoms with Gasteiger partial charge in [0.2, 0.25) is 0 Å². The van der Waals surface area contributed by atoms with Gasteiger partial charge in [0, 0.05) is 23.7 Å². The van der Waals surface area contributed by atoms with Gasteiger partial charge in [-0.15, -0.1) is 0 Å². The number of benzene rings is 2. The number of ether oxygens (including phenoxy) is 2. The van der Waals surface area contributed by atoms with Crippen molar-refractivity contribution in [2.45, 2.75) is 4.90 Å². The van der Waals surface area contributed by atoms with Crippen molar-refractivity contribution >= 4 is 38.2 Å². The lowest BCUT2D eigenvalue weighted by Gasteiger charge is -2.14. The molecule has 0 aliphatic rings. The highest BCUT2D eigenvalue weighted by Gasteiger charge is 2.23. The molecule has 1 aromatic heterocycles. The van der Waals surface area contributed by atoms with E-state index in [9.17, 15) is 8.42 Å². The normalized spacial score (nSPS) is 11.3. The van der Waals surface area contributed by atoms with E-state index < -0.39 is 10.0 Å². The molecule has 8 heteroatoms. The Bertz CT molecular complexity index is 1030. The first-order valence-corrected chi connectivity index (χ1v) is 9.10. The quantitative estimate of drug-likeness (QED) is 0.732. The molecule has 0 saturated carbocycles. The zero-order chi connectivity index (χ0) is 18.0. The molecule has 0 aliphatic carbocycles. The van der Waals surface area contributed by atoms with E-state index in [0.717, 1.165) is 5.39 Å². The molecule has 6 nitrogen and oxygen atoms in total. The first-order chi connectivity index (χ1) is 12.0. The molecule has 0 amide bonds. The Hall–Kier alpha value is -2.51. The number of anilines is 1. The summed E-state index contributed by atoms with van der Waals surface area (Å²) in [5.74, 6) is 0.352. The molecule has 0 radical (unpaired) electrons. The first kappa shape index (κ1) is 17.3. The minimum atomic E-state index is -3.95. The zero-order valence-corrected chi connectivity index (χ0v) is 15.1. The molecule has 1 N–H and O–H groups in total. The van der Waals surface area contributed by atoms with Crippen LogP contribution in [0.25, 0.3) is 10.9 Å². The first-order valence-electron chi connectivity index (χ1n) is 7.24. The molecule has 3 rings (SSSR count). The fourth-order valence-corrected chi connectivity index (χ4v) is 3.89. The highest BCUT2D eigenvalue weighted by Crippen LogP contribution is 2.36. The summed E-state index contributed by atoms with van der Waals surface area (Å²) >= 11 is 6.04. The third-order valence-corrected chi connectivity index (χ3v) is 5.29. The molecule has 130 valence electrons. The van der Waals surface area contributed by atoms with Crippen LogP contribution >= 0.6 is 11.6 Å². The van der Waals surface area contributed by atoms with Gasteiger partial charge < -0.3 is 9.47 Å². The summed E-state index contributed by atoms with van der Waals surface area (Å²) < 4.78 is 38.6. The lowest BCUT2D eigenvalue weighted by Crippen LogP contribution is -2.15. The summed E-state index contributed by atoms with van der Waals surface area (Å²) in [6.07, 6.45) is 1.60. The van der Waals surface area contributed by atoms with Crippen LogP contribution in [0, 0.1) is 0 Å². The van der Waals surface area contributed by atoms with Crippen LogP contribution < -0.4 is 14.2 Å². The number of hydrogen-bond acceptors (Lipinski definition) is 5. The molecule has 0 unspecified atom stereocenters. The molecule has 3 aromatic rings. The standard InChI is InChI=1S/C17H15ClN2O4S/c1-23-14-10-16(15(24-2)9-12(14)18)25(21,22)20-13-7-3-5-11-6-4-8-19-17(11)13/h3-10,20H,1-2H3. The van der Waals surface area contributed by atoms with Crippen LogP contribution in [0.1, 0.15) is 0 Å². The third kappa shape index (κ3) is 3.33. The highest BCUT2D eigenvalue weighted by atomic mass is 35.5. The summed E-state index contributed by atoms with van der Waals surface area (Å²) in [5.41, 5.74) is 0.919. The third-order valence-electron chi connectivity index (χ3n) is 3.60. The van der Waals surface area contributed by atoms with E-state index >= 15 is 0 Å². The highest BCUT2D eigenvalue weighted by molar-refractivity contribution is 7.92. The van der Waals surface area contributed by atoms with Crippen LogP contribution in [0.5, 0.6) is 11.5 Å². The number of rotatable bonds is 5. The zero-order valence-electron chi connectivity index (χ0n) is 13.5.